The molecule has 0 saturated carbocycles. The molecule has 1 aromatic carbocycles. The lowest BCUT2D eigenvalue weighted by Crippen LogP contribution is -2.12. The molecule has 122 valence electrons. The van der Waals surface area contributed by atoms with E-state index < -0.39 is 0 Å². The van der Waals surface area contributed by atoms with Crippen molar-refractivity contribution in [3.8, 4) is 6.07 Å². The van der Waals surface area contributed by atoms with E-state index in [1.54, 1.807) is 11.3 Å². The van der Waals surface area contributed by atoms with Crippen molar-refractivity contribution in [1.82, 2.24) is 15.2 Å². The number of hydrogen-bond acceptors (Lipinski definition) is 6. The minimum Gasteiger partial charge on any atom is -0.367 e. The molecule has 3 aromatic rings. The van der Waals surface area contributed by atoms with Crippen molar-refractivity contribution in [3.05, 3.63) is 46.1 Å². The van der Waals surface area contributed by atoms with Crippen LogP contribution in [0.1, 0.15) is 35.7 Å². The van der Waals surface area contributed by atoms with Gasteiger partial charge in [-0.2, -0.15) is 10.4 Å². The van der Waals surface area contributed by atoms with E-state index in [0.29, 0.717) is 17.9 Å². The maximum Gasteiger partial charge on any atom is 0.166 e. The molecule has 0 amide bonds. The Morgan fingerprint density at radius 2 is 2.00 bits per heavy atom. The first-order valence-electron chi connectivity index (χ1n) is 8.13. The summed E-state index contributed by atoms with van der Waals surface area (Å²) in [7, 11) is 0. The van der Waals surface area contributed by atoms with Crippen molar-refractivity contribution >= 4 is 27.4 Å². The summed E-state index contributed by atoms with van der Waals surface area (Å²) in [5, 5.41) is 22.3. The number of fused-ring (bicyclic) bond motifs is 1. The zero-order valence-electron chi connectivity index (χ0n) is 13.8. The Bertz CT molecular complexity index is 861. The van der Waals surface area contributed by atoms with Crippen molar-refractivity contribution in [2.24, 2.45) is 0 Å². The highest BCUT2D eigenvalue weighted by Crippen LogP contribution is 2.23. The van der Waals surface area contributed by atoms with Gasteiger partial charge in [-0.25, -0.2) is 4.98 Å². The van der Waals surface area contributed by atoms with E-state index in [-0.39, 0.29) is 0 Å². The smallest absolute Gasteiger partial charge is 0.166 e. The van der Waals surface area contributed by atoms with Gasteiger partial charge in [0, 0.05) is 13.0 Å². The van der Waals surface area contributed by atoms with Gasteiger partial charge in [0.25, 0.3) is 0 Å². The first-order chi connectivity index (χ1) is 11.8. The number of hydrogen-bond donors (Lipinski definition) is 1. The Morgan fingerprint density at radius 1 is 1.17 bits per heavy atom. The van der Waals surface area contributed by atoms with E-state index in [0.717, 1.165) is 41.0 Å². The summed E-state index contributed by atoms with van der Waals surface area (Å²) in [6, 6.07) is 10.4. The number of para-hydroxylation sites is 1. The number of anilines is 1. The van der Waals surface area contributed by atoms with Crippen LogP contribution < -0.4 is 5.32 Å². The molecule has 0 fully saturated rings. The van der Waals surface area contributed by atoms with E-state index in [4.69, 9.17) is 0 Å². The lowest BCUT2D eigenvalue weighted by atomic mass is 10.0. The third-order valence-corrected chi connectivity index (χ3v) is 5.02. The van der Waals surface area contributed by atoms with E-state index in [1.165, 1.54) is 4.70 Å². The average molecular weight is 337 g/mol. The van der Waals surface area contributed by atoms with Gasteiger partial charge >= 0.3 is 0 Å². The van der Waals surface area contributed by atoms with E-state index in [1.807, 2.05) is 32.0 Å². The van der Waals surface area contributed by atoms with Gasteiger partial charge in [0.15, 0.2) is 5.82 Å². The molecule has 0 unspecified atom stereocenters. The molecule has 0 aliphatic rings. The first-order valence-corrected chi connectivity index (χ1v) is 8.95. The second-order valence-corrected chi connectivity index (χ2v) is 6.54. The summed E-state index contributed by atoms with van der Waals surface area (Å²) in [5.41, 5.74) is 3.56. The molecular formula is C18H19N5S. The van der Waals surface area contributed by atoms with Crippen LogP contribution in [0.5, 0.6) is 0 Å². The predicted molar refractivity (Wildman–Crippen MR) is 97.3 cm³/mol. The van der Waals surface area contributed by atoms with Gasteiger partial charge in [0.05, 0.1) is 20.9 Å². The van der Waals surface area contributed by atoms with E-state index in [2.05, 4.69) is 32.6 Å². The van der Waals surface area contributed by atoms with Crippen molar-refractivity contribution < 1.29 is 0 Å². The molecule has 6 heteroatoms. The number of thiazole rings is 1. The SMILES string of the molecule is CCc1nnc(NCCc2nc3ccccc3s2)c(C#N)c1CC. The topological polar surface area (TPSA) is 74.5 Å². The average Bonchev–Trinajstić information content (AvgIpc) is 3.03. The second kappa shape index (κ2) is 7.37. The van der Waals surface area contributed by atoms with Gasteiger partial charge in [0.2, 0.25) is 0 Å². The minimum atomic E-state index is 0.577. The van der Waals surface area contributed by atoms with Crippen molar-refractivity contribution in [3.63, 3.8) is 0 Å². The quantitative estimate of drug-likeness (QED) is 0.741. The molecule has 0 atom stereocenters. The summed E-state index contributed by atoms with van der Waals surface area (Å²) >= 11 is 1.70. The molecule has 3 rings (SSSR count). The Kier molecular flexibility index (Phi) is 5.02. The summed E-state index contributed by atoms with van der Waals surface area (Å²) in [6.45, 7) is 4.75. The molecular weight excluding hydrogens is 318 g/mol. The maximum atomic E-state index is 9.49. The Balaban J connectivity index is 1.73. The number of rotatable bonds is 6. The maximum absolute atomic E-state index is 9.49. The molecule has 0 spiro atoms. The third kappa shape index (κ3) is 3.22. The van der Waals surface area contributed by atoms with Gasteiger partial charge in [-0.05, 0) is 30.5 Å². The summed E-state index contributed by atoms with van der Waals surface area (Å²) < 4.78 is 1.20. The Hall–Kier alpha value is -2.52. The van der Waals surface area contributed by atoms with Crippen molar-refractivity contribution in [1.29, 1.82) is 5.26 Å². The van der Waals surface area contributed by atoms with Crippen LogP contribution in [-0.4, -0.2) is 21.7 Å². The summed E-state index contributed by atoms with van der Waals surface area (Å²) in [4.78, 5) is 4.63. The highest BCUT2D eigenvalue weighted by Gasteiger charge is 2.14. The number of nitriles is 1. The number of benzene rings is 1. The molecule has 0 aliphatic heterocycles. The zero-order chi connectivity index (χ0) is 16.9. The predicted octanol–water partition coefficient (Wildman–Crippen LogP) is 3.74. The highest BCUT2D eigenvalue weighted by molar-refractivity contribution is 7.18. The van der Waals surface area contributed by atoms with E-state index in [9.17, 15) is 5.26 Å². The molecule has 2 heterocycles. The van der Waals surface area contributed by atoms with Gasteiger partial charge in [-0.15, -0.1) is 16.4 Å². The lowest BCUT2D eigenvalue weighted by Gasteiger charge is -2.11. The highest BCUT2D eigenvalue weighted by atomic mass is 32.1. The number of nitrogens with zero attached hydrogens (tertiary/aromatic N) is 4. The van der Waals surface area contributed by atoms with Gasteiger partial charge < -0.3 is 5.32 Å². The van der Waals surface area contributed by atoms with Crippen LogP contribution in [0.25, 0.3) is 10.2 Å². The van der Waals surface area contributed by atoms with Crippen molar-refractivity contribution in [2.45, 2.75) is 33.1 Å². The zero-order valence-corrected chi connectivity index (χ0v) is 14.7. The fourth-order valence-electron chi connectivity index (χ4n) is 2.73. The van der Waals surface area contributed by atoms with Crippen molar-refractivity contribution in [2.75, 3.05) is 11.9 Å². The molecule has 1 N–H and O–H groups in total. The summed E-state index contributed by atoms with van der Waals surface area (Å²) in [5.74, 6) is 0.577. The van der Waals surface area contributed by atoms with Crippen LogP contribution in [0.2, 0.25) is 0 Å². The Labute approximate surface area is 145 Å². The van der Waals surface area contributed by atoms with Crippen LogP contribution in [0.4, 0.5) is 5.82 Å². The van der Waals surface area contributed by atoms with Crippen LogP contribution in [0, 0.1) is 11.3 Å². The molecule has 0 radical (unpaired) electrons. The van der Waals surface area contributed by atoms with Crippen LogP contribution >= 0.6 is 11.3 Å². The summed E-state index contributed by atoms with van der Waals surface area (Å²) in [6.07, 6.45) is 2.37. The van der Waals surface area contributed by atoms with E-state index >= 15 is 0 Å². The normalized spacial score (nSPS) is 10.7. The minimum absolute atomic E-state index is 0.577. The van der Waals surface area contributed by atoms with Crippen LogP contribution in [-0.2, 0) is 19.3 Å². The molecule has 5 nitrogen and oxygen atoms in total. The fourth-order valence-corrected chi connectivity index (χ4v) is 3.70. The second-order valence-electron chi connectivity index (χ2n) is 5.42. The number of aromatic nitrogens is 3. The number of nitrogens with one attached hydrogen (secondary N) is 1. The fraction of sp³-hybridized carbons (Fsp3) is 0.333. The molecule has 0 saturated heterocycles. The molecule has 24 heavy (non-hydrogen) atoms. The largest absolute Gasteiger partial charge is 0.367 e. The molecule has 2 aromatic heterocycles. The first kappa shape index (κ1) is 16.3. The van der Waals surface area contributed by atoms with Gasteiger partial charge in [-0.3, -0.25) is 0 Å². The monoisotopic (exact) mass is 337 g/mol. The van der Waals surface area contributed by atoms with Crippen LogP contribution in [0.3, 0.4) is 0 Å². The third-order valence-electron chi connectivity index (χ3n) is 3.93. The van der Waals surface area contributed by atoms with Gasteiger partial charge in [-0.1, -0.05) is 26.0 Å². The van der Waals surface area contributed by atoms with Gasteiger partial charge in [0.1, 0.15) is 11.6 Å². The Morgan fingerprint density at radius 3 is 2.71 bits per heavy atom. The van der Waals surface area contributed by atoms with Crippen LogP contribution in [0.15, 0.2) is 24.3 Å². The molecule has 0 aliphatic carbocycles. The molecule has 0 bridgehead atoms. The standard InChI is InChI=1S/C18H19N5S/c1-3-12-13(11-19)18(23-22-14(12)4-2)20-10-9-17-21-15-7-5-6-8-16(15)24-17/h5-8H,3-4,9-10H2,1-2H3,(H,20,23). The lowest BCUT2D eigenvalue weighted by molar-refractivity contribution is 0.865. The number of aryl methyl sites for hydroxylation is 1.